The van der Waals surface area contributed by atoms with Crippen LogP contribution >= 0.6 is 23.1 Å². The average Bonchev–Trinajstić information content (AvgIpc) is 3.03. The standard InChI is InChI=1S/C19H26N4OS2/c1-12-8-10-16(11-9-12)20-18-21-22-19(26-18)25-15(4)17(24)23-13(2)6-5-7-14(23)3/h8-11,13-15H,5-7H2,1-4H3,(H,20,21)/t13-,14-,15-/m0/s1. The van der Waals surface area contributed by atoms with Crippen molar-refractivity contribution in [1.29, 1.82) is 0 Å². The second-order valence-corrected chi connectivity index (χ2v) is 9.56. The zero-order chi connectivity index (χ0) is 18.7. The Morgan fingerprint density at radius 1 is 1.23 bits per heavy atom. The number of hydrogen-bond acceptors (Lipinski definition) is 6. The number of amides is 1. The molecule has 1 amide bonds. The molecule has 1 saturated heterocycles. The molecule has 1 aliphatic heterocycles. The minimum absolute atomic E-state index is 0.154. The van der Waals surface area contributed by atoms with Crippen LogP contribution in [0.1, 0.15) is 45.6 Å². The first-order valence-electron chi connectivity index (χ1n) is 9.10. The number of nitrogens with one attached hydrogen (secondary N) is 1. The Labute approximate surface area is 163 Å². The lowest BCUT2D eigenvalue weighted by Crippen LogP contribution is -2.50. The Morgan fingerprint density at radius 2 is 1.88 bits per heavy atom. The average molecular weight is 391 g/mol. The van der Waals surface area contributed by atoms with Crippen LogP contribution in [0.2, 0.25) is 0 Å². The molecule has 0 bridgehead atoms. The summed E-state index contributed by atoms with van der Waals surface area (Å²) in [6.45, 7) is 8.33. The lowest BCUT2D eigenvalue weighted by atomic mass is 9.97. The molecule has 1 aliphatic rings. The van der Waals surface area contributed by atoms with Crippen molar-refractivity contribution in [2.75, 3.05) is 5.32 Å². The molecule has 1 aromatic heterocycles. The van der Waals surface area contributed by atoms with E-state index in [2.05, 4.69) is 53.3 Å². The zero-order valence-electron chi connectivity index (χ0n) is 15.7. The fraction of sp³-hybridized carbons (Fsp3) is 0.526. The molecule has 1 fully saturated rings. The Bertz CT molecular complexity index is 736. The molecule has 0 spiro atoms. The predicted molar refractivity (Wildman–Crippen MR) is 109 cm³/mol. The number of carbonyl (C=O) groups is 1. The molecule has 5 nitrogen and oxygen atoms in total. The van der Waals surface area contributed by atoms with Crippen molar-refractivity contribution in [3.05, 3.63) is 29.8 Å². The van der Waals surface area contributed by atoms with Crippen LogP contribution in [0, 0.1) is 6.92 Å². The SMILES string of the molecule is Cc1ccc(Nc2nnc(S[C@@H](C)C(=O)N3[C@@H](C)CCC[C@@H]3C)s2)cc1. The van der Waals surface area contributed by atoms with Gasteiger partial charge in [0.15, 0.2) is 4.34 Å². The van der Waals surface area contributed by atoms with Crippen LogP contribution in [0.3, 0.4) is 0 Å². The van der Waals surface area contributed by atoms with Gasteiger partial charge in [-0.25, -0.2) is 0 Å². The van der Waals surface area contributed by atoms with Gasteiger partial charge in [-0.15, -0.1) is 10.2 Å². The van der Waals surface area contributed by atoms with Gasteiger partial charge in [-0.3, -0.25) is 4.79 Å². The number of carbonyl (C=O) groups excluding carboxylic acids is 1. The van der Waals surface area contributed by atoms with Gasteiger partial charge in [-0.1, -0.05) is 40.8 Å². The normalized spacial score (nSPS) is 21.5. The minimum Gasteiger partial charge on any atom is -0.336 e. The summed E-state index contributed by atoms with van der Waals surface area (Å²) in [5.74, 6) is 0.206. The summed E-state index contributed by atoms with van der Waals surface area (Å²) >= 11 is 2.98. The number of piperidine rings is 1. The first-order chi connectivity index (χ1) is 12.4. The molecule has 7 heteroatoms. The van der Waals surface area contributed by atoms with Crippen LogP contribution in [-0.4, -0.2) is 38.3 Å². The Balaban J connectivity index is 1.61. The fourth-order valence-corrected chi connectivity index (χ4v) is 5.31. The second kappa shape index (κ2) is 8.39. The van der Waals surface area contributed by atoms with Crippen molar-refractivity contribution in [3.8, 4) is 0 Å². The molecule has 0 unspecified atom stereocenters. The fourth-order valence-electron chi connectivity index (χ4n) is 3.34. The van der Waals surface area contributed by atoms with Crippen molar-refractivity contribution in [2.24, 2.45) is 0 Å². The van der Waals surface area contributed by atoms with Crippen LogP contribution in [0.15, 0.2) is 28.6 Å². The third-order valence-corrected chi connectivity index (χ3v) is 6.79. The Hall–Kier alpha value is -1.60. The molecule has 0 saturated carbocycles. The van der Waals surface area contributed by atoms with Crippen LogP contribution in [-0.2, 0) is 4.79 Å². The highest BCUT2D eigenvalue weighted by molar-refractivity contribution is 8.02. The molecule has 3 rings (SSSR count). The van der Waals surface area contributed by atoms with Crippen LogP contribution < -0.4 is 5.32 Å². The topological polar surface area (TPSA) is 58.1 Å². The van der Waals surface area contributed by atoms with E-state index in [0.717, 1.165) is 28.0 Å². The molecule has 0 aliphatic carbocycles. The number of aromatic nitrogens is 2. The molecule has 2 aromatic rings. The maximum absolute atomic E-state index is 12.9. The number of aryl methyl sites for hydroxylation is 1. The van der Waals surface area contributed by atoms with Gasteiger partial charge in [0.05, 0.1) is 5.25 Å². The second-order valence-electron chi connectivity index (χ2n) is 7.00. The van der Waals surface area contributed by atoms with Gasteiger partial charge >= 0.3 is 0 Å². The van der Waals surface area contributed by atoms with E-state index in [1.54, 1.807) is 0 Å². The van der Waals surface area contributed by atoms with E-state index in [1.165, 1.54) is 35.1 Å². The number of benzene rings is 1. The highest BCUT2D eigenvalue weighted by Crippen LogP contribution is 2.33. The quantitative estimate of drug-likeness (QED) is 0.739. The van der Waals surface area contributed by atoms with E-state index < -0.39 is 0 Å². The molecule has 0 radical (unpaired) electrons. The highest BCUT2D eigenvalue weighted by atomic mass is 32.2. The summed E-state index contributed by atoms with van der Waals surface area (Å²) < 4.78 is 0.817. The van der Waals surface area contributed by atoms with Crippen molar-refractivity contribution in [3.63, 3.8) is 0 Å². The van der Waals surface area contributed by atoms with Crippen molar-refractivity contribution < 1.29 is 4.79 Å². The number of anilines is 2. The lowest BCUT2D eigenvalue weighted by Gasteiger charge is -2.40. The molecule has 3 atom stereocenters. The van der Waals surface area contributed by atoms with Gasteiger partial charge in [0.2, 0.25) is 11.0 Å². The Morgan fingerprint density at radius 3 is 2.54 bits per heavy atom. The number of likely N-dealkylation sites (tertiary alicyclic amines) is 1. The monoisotopic (exact) mass is 390 g/mol. The third-order valence-electron chi connectivity index (χ3n) is 4.78. The molecular weight excluding hydrogens is 364 g/mol. The van der Waals surface area contributed by atoms with Gasteiger partial charge < -0.3 is 10.2 Å². The number of thioether (sulfide) groups is 1. The highest BCUT2D eigenvalue weighted by Gasteiger charge is 2.32. The summed E-state index contributed by atoms with van der Waals surface area (Å²) in [6.07, 6.45) is 3.39. The van der Waals surface area contributed by atoms with E-state index in [0.29, 0.717) is 12.1 Å². The van der Waals surface area contributed by atoms with E-state index in [1.807, 2.05) is 19.1 Å². The first kappa shape index (κ1) is 19.2. The first-order valence-corrected chi connectivity index (χ1v) is 10.8. The van der Waals surface area contributed by atoms with Gasteiger partial charge in [0, 0.05) is 17.8 Å². The predicted octanol–water partition coefficient (Wildman–Crippen LogP) is 4.86. The number of rotatable bonds is 5. The largest absolute Gasteiger partial charge is 0.336 e. The molecule has 2 heterocycles. The summed E-state index contributed by atoms with van der Waals surface area (Å²) in [4.78, 5) is 15.0. The van der Waals surface area contributed by atoms with Crippen molar-refractivity contribution >= 4 is 39.8 Å². The zero-order valence-corrected chi connectivity index (χ0v) is 17.4. The van der Waals surface area contributed by atoms with Gasteiger partial charge in [0.1, 0.15) is 0 Å². The minimum atomic E-state index is -0.154. The molecule has 140 valence electrons. The summed E-state index contributed by atoms with van der Waals surface area (Å²) in [7, 11) is 0. The number of hydrogen-bond donors (Lipinski definition) is 1. The van der Waals surface area contributed by atoms with Crippen LogP contribution in [0.25, 0.3) is 0 Å². The Kier molecular flexibility index (Phi) is 6.19. The third kappa shape index (κ3) is 4.57. The van der Waals surface area contributed by atoms with Gasteiger partial charge in [-0.05, 0) is 59.1 Å². The maximum atomic E-state index is 12.9. The molecule has 26 heavy (non-hydrogen) atoms. The summed E-state index contributed by atoms with van der Waals surface area (Å²) in [5, 5.41) is 12.3. The maximum Gasteiger partial charge on any atom is 0.236 e. The van der Waals surface area contributed by atoms with Gasteiger partial charge in [0.25, 0.3) is 0 Å². The van der Waals surface area contributed by atoms with Crippen LogP contribution in [0.4, 0.5) is 10.8 Å². The molecule has 1 aromatic carbocycles. The van der Waals surface area contributed by atoms with Gasteiger partial charge in [-0.2, -0.15) is 0 Å². The van der Waals surface area contributed by atoms with E-state index in [-0.39, 0.29) is 11.2 Å². The smallest absolute Gasteiger partial charge is 0.236 e. The molecule has 1 N–H and O–H groups in total. The van der Waals surface area contributed by atoms with E-state index in [9.17, 15) is 4.79 Å². The molecular formula is C19H26N4OS2. The summed E-state index contributed by atoms with van der Waals surface area (Å²) in [6, 6.07) is 8.80. The van der Waals surface area contributed by atoms with Crippen LogP contribution in [0.5, 0.6) is 0 Å². The lowest BCUT2D eigenvalue weighted by molar-refractivity contribution is -0.136. The van der Waals surface area contributed by atoms with E-state index in [4.69, 9.17) is 0 Å². The van der Waals surface area contributed by atoms with Crippen molar-refractivity contribution in [2.45, 2.75) is 68.6 Å². The van der Waals surface area contributed by atoms with E-state index >= 15 is 0 Å². The number of nitrogens with zero attached hydrogens (tertiary/aromatic N) is 3. The van der Waals surface area contributed by atoms with Crippen molar-refractivity contribution in [1.82, 2.24) is 15.1 Å². The summed E-state index contributed by atoms with van der Waals surface area (Å²) in [5.41, 5.74) is 2.21.